The number of H-pyrrole nitrogens is 1. The van der Waals surface area contributed by atoms with E-state index in [4.69, 9.17) is 0 Å². The van der Waals surface area contributed by atoms with Gasteiger partial charge in [-0.1, -0.05) is 24.3 Å². The number of aromatic nitrogens is 2. The predicted molar refractivity (Wildman–Crippen MR) is 116 cm³/mol. The number of amides is 3. The Bertz CT molecular complexity index is 1100. The molecular formula is C24H24N4O3. The fraction of sp³-hybridized carbons (Fsp3) is 0.333. The van der Waals surface area contributed by atoms with Gasteiger partial charge in [0, 0.05) is 60.9 Å². The van der Waals surface area contributed by atoms with E-state index in [0.29, 0.717) is 30.5 Å². The lowest BCUT2D eigenvalue weighted by molar-refractivity contribution is -0.132. The molecule has 0 aliphatic carbocycles. The minimum absolute atomic E-state index is 0.0654. The maximum absolute atomic E-state index is 13.0. The number of likely N-dealkylation sites (tertiary alicyclic amines) is 1. The van der Waals surface area contributed by atoms with Crippen LogP contribution in [0.5, 0.6) is 0 Å². The van der Waals surface area contributed by atoms with Crippen LogP contribution in [-0.2, 0) is 4.79 Å². The number of piperidine rings is 1. The van der Waals surface area contributed by atoms with Gasteiger partial charge in [-0.3, -0.25) is 19.3 Å². The number of carbonyl (C=O) groups excluding carboxylic acids is 3. The minimum Gasteiger partial charge on any atom is -0.348 e. The van der Waals surface area contributed by atoms with E-state index in [9.17, 15) is 14.4 Å². The lowest BCUT2D eigenvalue weighted by atomic mass is 9.94. The van der Waals surface area contributed by atoms with Crippen molar-refractivity contribution in [1.82, 2.24) is 19.8 Å². The van der Waals surface area contributed by atoms with Crippen molar-refractivity contribution < 1.29 is 14.4 Å². The molecule has 1 saturated heterocycles. The molecule has 3 amide bonds. The normalized spacial score (nSPS) is 18.6. The van der Waals surface area contributed by atoms with E-state index < -0.39 is 0 Å². The first-order valence-electron chi connectivity index (χ1n) is 10.8. The summed E-state index contributed by atoms with van der Waals surface area (Å²) in [5.74, 6) is 0.663. The molecule has 0 bridgehead atoms. The Balaban J connectivity index is 1.23. The van der Waals surface area contributed by atoms with Crippen LogP contribution in [0.3, 0.4) is 0 Å². The van der Waals surface area contributed by atoms with Crippen molar-refractivity contribution >= 4 is 28.5 Å². The Hall–Kier alpha value is -3.48. The number of hydrogen-bond donors (Lipinski definition) is 1. The molecule has 2 aliphatic heterocycles. The van der Waals surface area contributed by atoms with Crippen LogP contribution < -0.4 is 0 Å². The molecule has 158 valence electrons. The first-order chi connectivity index (χ1) is 15.1. The van der Waals surface area contributed by atoms with E-state index in [-0.39, 0.29) is 30.2 Å². The predicted octanol–water partition coefficient (Wildman–Crippen LogP) is 3.35. The second kappa shape index (κ2) is 7.98. The molecule has 31 heavy (non-hydrogen) atoms. The Morgan fingerprint density at radius 1 is 1.10 bits per heavy atom. The Morgan fingerprint density at radius 2 is 1.84 bits per heavy atom. The molecular weight excluding hydrogens is 392 g/mol. The smallest absolute Gasteiger partial charge is 0.261 e. The third kappa shape index (κ3) is 3.50. The number of imidazole rings is 1. The zero-order valence-electron chi connectivity index (χ0n) is 17.2. The van der Waals surface area contributed by atoms with Gasteiger partial charge in [-0.05, 0) is 36.8 Å². The molecule has 2 aromatic carbocycles. The van der Waals surface area contributed by atoms with Crippen molar-refractivity contribution in [2.75, 3.05) is 19.6 Å². The zero-order chi connectivity index (χ0) is 21.4. The Labute approximate surface area is 180 Å². The molecule has 1 N–H and O–H groups in total. The summed E-state index contributed by atoms with van der Waals surface area (Å²) in [7, 11) is 0. The summed E-state index contributed by atoms with van der Waals surface area (Å²) in [5, 5.41) is 1.62. The number of benzene rings is 2. The van der Waals surface area contributed by atoms with Crippen LogP contribution in [0.1, 0.15) is 58.1 Å². The van der Waals surface area contributed by atoms with Crippen LogP contribution in [-0.4, -0.2) is 57.1 Å². The molecule has 0 saturated carbocycles. The number of carbonyl (C=O) groups is 3. The van der Waals surface area contributed by atoms with E-state index in [1.807, 2.05) is 29.2 Å². The summed E-state index contributed by atoms with van der Waals surface area (Å²) in [4.78, 5) is 49.4. The third-order valence-corrected chi connectivity index (χ3v) is 6.31. The summed E-state index contributed by atoms with van der Waals surface area (Å²) in [6.07, 6.45) is 6.27. The lowest BCUT2D eigenvalue weighted by Crippen LogP contribution is -2.42. The van der Waals surface area contributed by atoms with Gasteiger partial charge < -0.3 is 9.88 Å². The summed E-state index contributed by atoms with van der Waals surface area (Å²) in [5.41, 5.74) is 1.10. The number of imide groups is 1. The van der Waals surface area contributed by atoms with Crippen LogP contribution in [0.15, 0.2) is 48.8 Å². The lowest BCUT2D eigenvalue weighted by Gasteiger charge is -2.32. The van der Waals surface area contributed by atoms with Gasteiger partial charge in [0.2, 0.25) is 5.91 Å². The molecule has 7 nitrogen and oxygen atoms in total. The number of hydrogen-bond acceptors (Lipinski definition) is 4. The van der Waals surface area contributed by atoms with Gasteiger partial charge in [0.1, 0.15) is 5.82 Å². The molecule has 3 aromatic rings. The largest absolute Gasteiger partial charge is 0.348 e. The molecule has 7 heteroatoms. The highest BCUT2D eigenvalue weighted by Gasteiger charge is 2.32. The highest BCUT2D eigenvalue weighted by molar-refractivity contribution is 6.25. The molecule has 3 heterocycles. The Kier molecular flexibility index (Phi) is 5.02. The summed E-state index contributed by atoms with van der Waals surface area (Å²) >= 11 is 0. The summed E-state index contributed by atoms with van der Waals surface area (Å²) in [6, 6.07) is 11.0. The topological polar surface area (TPSA) is 86.4 Å². The van der Waals surface area contributed by atoms with Crippen molar-refractivity contribution in [3.63, 3.8) is 0 Å². The van der Waals surface area contributed by atoms with Crippen molar-refractivity contribution in [2.24, 2.45) is 0 Å². The third-order valence-electron chi connectivity index (χ3n) is 6.31. The average Bonchev–Trinajstić information content (AvgIpc) is 3.34. The number of nitrogens with one attached hydrogen (secondary N) is 1. The Morgan fingerprint density at radius 3 is 2.52 bits per heavy atom. The second-order valence-corrected chi connectivity index (χ2v) is 8.23. The number of rotatable bonds is 5. The van der Waals surface area contributed by atoms with E-state index in [1.165, 1.54) is 4.90 Å². The van der Waals surface area contributed by atoms with Gasteiger partial charge in [-0.25, -0.2) is 4.98 Å². The molecule has 0 radical (unpaired) electrons. The van der Waals surface area contributed by atoms with Gasteiger partial charge in [0.25, 0.3) is 11.8 Å². The standard InChI is InChI=1S/C24H24N4O3/c29-20(27-13-3-7-17(15-27)22-25-11-12-26-22)10-4-14-28-23(30)18-8-1-5-16-6-2-9-19(21(16)18)24(28)31/h1-2,5-6,8-9,11-12,17H,3-4,7,10,13-15H2,(H,25,26). The highest BCUT2D eigenvalue weighted by atomic mass is 16.2. The summed E-state index contributed by atoms with van der Waals surface area (Å²) in [6.45, 7) is 1.64. The second-order valence-electron chi connectivity index (χ2n) is 8.23. The van der Waals surface area contributed by atoms with E-state index in [1.54, 1.807) is 24.5 Å². The molecule has 1 fully saturated rings. The maximum Gasteiger partial charge on any atom is 0.261 e. The average molecular weight is 416 g/mol. The van der Waals surface area contributed by atoms with E-state index in [0.717, 1.165) is 36.0 Å². The fourth-order valence-electron chi connectivity index (χ4n) is 4.76. The van der Waals surface area contributed by atoms with Crippen LogP contribution in [0.25, 0.3) is 10.8 Å². The first-order valence-corrected chi connectivity index (χ1v) is 10.8. The zero-order valence-corrected chi connectivity index (χ0v) is 17.2. The van der Waals surface area contributed by atoms with Gasteiger partial charge in [0.15, 0.2) is 0 Å². The molecule has 1 aromatic heterocycles. The van der Waals surface area contributed by atoms with Crippen molar-refractivity contribution in [3.05, 3.63) is 65.7 Å². The molecule has 0 spiro atoms. The minimum atomic E-state index is -0.280. The summed E-state index contributed by atoms with van der Waals surface area (Å²) < 4.78 is 0. The van der Waals surface area contributed by atoms with Crippen molar-refractivity contribution in [1.29, 1.82) is 0 Å². The quantitative estimate of drug-likeness (QED) is 0.647. The number of aromatic amines is 1. The molecule has 2 aliphatic rings. The molecule has 1 unspecified atom stereocenters. The highest BCUT2D eigenvalue weighted by Crippen LogP contribution is 2.30. The van der Waals surface area contributed by atoms with Crippen LogP contribution in [0, 0.1) is 0 Å². The van der Waals surface area contributed by atoms with Gasteiger partial charge in [0.05, 0.1) is 0 Å². The van der Waals surface area contributed by atoms with Gasteiger partial charge >= 0.3 is 0 Å². The fourth-order valence-corrected chi connectivity index (χ4v) is 4.76. The molecule has 5 rings (SSSR count). The van der Waals surface area contributed by atoms with Crippen molar-refractivity contribution in [2.45, 2.75) is 31.6 Å². The first kappa shape index (κ1) is 19.5. The van der Waals surface area contributed by atoms with Crippen molar-refractivity contribution in [3.8, 4) is 0 Å². The van der Waals surface area contributed by atoms with Gasteiger partial charge in [-0.15, -0.1) is 0 Å². The van der Waals surface area contributed by atoms with Crippen LogP contribution >= 0.6 is 0 Å². The monoisotopic (exact) mass is 416 g/mol. The SMILES string of the molecule is O=C(CCCN1C(=O)c2cccc3cccc(c23)C1=O)N1CCCC(c2ncc[nH]2)C1. The van der Waals surface area contributed by atoms with Crippen LogP contribution in [0.4, 0.5) is 0 Å². The van der Waals surface area contributed by atoms with Crippen LogP contribution in [0.2, 0.25) is 0 Å². The van der Waals surface area contributed by atoms with E-state index >= 15 is 0 Å². The van der Waals surface area contributed by atoms with Gasteiger partial charge in [-0.2, -0.15) is 0 Å². The number of nitrogens with zero attached hydrogens (tertiary/aromatic N) is 3. The van der Waals surface area contributed by atoms with E-state index in [2.05, 4.69) is 9.97 Å². The maximum atomic E-state index is 13.0. The molecule has 1 atom stereocenters.